The lowest BCUT2D eigenvalue weighted by atomic mass is 10.2. The topological polar surface area (TPSA) is 38.9 Å². The fourth-order valence-electron chi connectivity index (χ4n) is 1.64. The van der Waals surface area contributed by atoms with E-state index < -0.39 is 0 Å². The summed E-state index contributed by atoms with van der Waals surface area (Å²) < 4.78 is 0. The lowest BCUT2D eigenvalue weighted by Gasteiger charge is -1.99. The molecule has 1 aromatic heterocycles. The summed E-state index contributed by atoms with van der Waals surface area (Å²) in [6.45, 7) is 0.710. The maximum atomic E-state index is 5.42. The van der Waals surface area contributed by atoms with Crippen molar-refractivity contribution < 1.29 is 0 Å². The van der Waals surface area contributed by atoms with E-state index in [1.54, 1.807) is 0 Å². The fourth-order valence-corrected chi connectivity index (χ4v) is 1.64. The summed E-state index contributed by atoms with van der Waals surface area (Å²) in [6.07, 6.45) is 6.05. The van der Waals surface area contributed by atoms with Crippen LogP contribution >= 0.6 is 0 Å². The van der Waals surface area contributed by atoms with Gasteiger partial charge in [-0.2, -0.15) is 0 Å². The summed E-state index contributed by atoms with van der Waals surface area (Å²) in [7, 11) is 0. The number of pyridine rings is 1. The molecule has 0 unspecified atom stereocenters. The van der Waals surface area contributed by atoms with Crippen molar-refractivity contribution in [3.05, 3.63) is 54.2 Å². The highest BCUT2D eigenvalue weighted by Crippen LogP contribution is 2.12. The zero-order valence-electron chi connectivity index (χ0n) is 9.26. The van der Waals surface area contributed by atoms with Gasteiger partial charge in [0.05, 0.1) is 5.52 Å². The molecule has 2 aromatic rings. The molecule has 0 aliphatic heterocycles. The van der Waals surface area contributed by atoms with Gasteiger partial charge in [0, 0.05) is 17.5 Å². The Morgan fingerprint density at radius 1 is 1.06 bits per heavy atom. The van der Waals surface area contributed by atoms with Crippen LogP contribution in [0.2, 0.25) is 0 Å². The molecule has 0 aliphatic rings. The fraction of sp³-hybridized carbons (Fsp3) is 0.214. The lowest BCUT2D eigenvalue weighted by Crippen LogP contribution is -1.95. The molecule has 0 spiro atoms. The monoisotopic (exact) mass is 212 g/mol. The van der Waals surface area contributed by atoms with E-state index in [1.807, 2.05) is 18.2 Å². The van der Waals surface area contributed by atoms with Gasteiger partial charge < -0.3 is 5.73 Å². The van der Waals surface area contributed by atoms with E-state index >= 15 is 0 Å². The average molecular weight is 212 g/mol. The molecule has 1 heterocycles. The van der Waals surface area contributed by atoms with Crippen molar-refractivity contribution in [3.8, 4) is 0 Å². The number of para-hydroxylation sites is 1. The minimum atomic E-state index is 0.710. The molecular formula is C14H16N2. The van der Waals surface area contributed by atoms with Crippen LogP contribution in [0.15, 0.2) is 48.6 Å². The van der Waals surface area contributed by atoms with Crippen molar-refractivity contribution in [1.29, 1.82) is 0 Å². The van der Waals surface area contributed by atoms with Gasteiger partial charge in [0.2, 0.25) is 0 Å². The number of fused-ring (bicyclic) bond motifs is 1. The zero-order chi connectivity index (χ0) is 11.2. The predicted molar refractivity (Wildman–Crippen MR) is 68.3 cm³/mol. The van der Waals surface area contributed by atoms with Crippen LogP contribution in [0, 0.1) is 0 Å². The van der Waals surface area contributed by atoms with Crippen LogP contribution < -0.4 is 5.73 Å². The van der Waals surface area contributed by atoms with E-state index in [0.29, 0.717) is 6.54 Å². The molecule has 0 amide bonds. The Labute approximate surface area is 95.8 Å². The average Bonchev–Trinajstić information content (AvgIpc) is 2.34. The molecule has 0 bridgehead atoms. The van der Waals surface area contributed by atoms with Gasteiger partial charge in [-0.15, -0.1) is 0 Å². The predicted octanol–water partition coefficient (Wildman–Crippen LogP) is 2.68. The van der Waals surface area contributed by atoms with Crippen molar-refractivity contribution in [2.75, 3.05) is 6.54 Å². The highest BCUT2D eigenvalue weighted by molar-refractivity contribution is 5.78. The normalized spacial score (nSPS) is 11.3. The van der Waals surface area contributed by atoms with Crippen molar-refractivity contribution in [2.24, 2.45) is 5.73 Å². The van der Waals surface area contributed by atoms with E-state index in [-0.39, 0.29) is 0 Å². The number of rotatable bonds is 4. The van der Waals surface area contributed by atoms with Gasteiger partial charge in [-0.1, -0.05) is 36.4 Å². The Balaban J connectivity index is 2.13. The number of nitrogens with two attached hydrogens (primary N) is 1. The number of hydrogen-bond acceptors (Lipinski definition) is 2. The molecule has 0 saturated heterocycles. The summed E-state index contributed by atoms with van der Waals surface area (Å²) in [5.74, 6) is 0. The van der Waals surface area contributed by atoms with Crippen LogP contribution in [0.1, 0.15) is 12.1 Å². The molecule has 2 nitrogen and oxygen atoms in total. The smallest absolute Gasteiger partial charge is 0.0705 e. The van der Waals surface area contributed by atoms with Gasteiger partial charge in [0.25, 0.3) is 0 Å². The second kappa shape index (κ2) is 5.42. The van der Waals surface area contributed by atoms with E-state index in [4.69, 9.17) is 5.73 Å². The van der Waals surface area contributed by atoms with Crippen LogP contribution in [-0.4, -0.2) is 11.5 Å². The van der Waals surface area contributed by atoms with Gasteiger partial charge in [-0.3, -0.25) is 4.98 Å². The van der Waals surface area contributed by atoms with Gasteiger partial charge in [0.1, 0.15) is 0 Å². The molecule has 0 saturated carbocycles. The SMILES string of the molecule is NCCC=CCc1ccc2ccccc2n1. The highest BCUT2D eigenvalue weighted by atomic mass is 14.7. The van der Waals surface area contributed by atoms with Crippen molar-refractivity contribution in [1.82, 2.24) is 4.98 Å². The zero-order valence-corrected chi connectivity index (χ0v) is 9.26. The summed E-state index contributed by atoms with van der Waals surface area (Å²) in [5, 5.41) is 1.19. The van der Waals surface area contributed by atoms with E-state index in [9.17, 15) is 0 Å². The first-order chi connectivity index (χ1) is 7.90. The molecule has 0 aliphatic carbocycles. The van der Waals surface area contributed by atoms with Crippen LogP contribution in [0.5, 0.6) is 0 Å². The molecule has 0 fully saturated rings. The first-order valence-electron chi connectivity index (χ1n) is 5.60. The third-order valence-electron chi connectivity index (χ3n) is 2.48. The second-order valence-corrected chi connectivity index (χ2v) is 3.75. The van der Waals surface area contributed by atoms with Crippen LogP contribution in [0.3, 0.4) is 0 Å². The van der Waals surface area contributed by atoms with E-state index in [2.05, 4.69) is 35.3 Å². The molecule has 1 aromatic carbocycles. The maximum absolute atomic E-state index is 5.42. The minimum Gasteiger partial charge on any atom is -0.330 e. The Morgan fingerprint density at radius 2 is 1.94 bits per heavy atom. The van der Waals surface area contributed by atoms with Crippen molar-refractivity contribution in [3.63, 3.8) is 0 Å². The minimum absolute atomic E-state index is 0.710. The largest absolute Gasteiger partial charge is 0.330 e. The molecule has 2 heteroatoms. The Bertz CT molecular complexity index is 489. The summed E-state index contributed by atoms with van der Waals surface area (Å²) in [5.41, 5.74) is 7.58. The van der Waals surface area contributed by atoms with E-state index in [1.165, 1.54) is 5.39 Å². The quantitative estimate of drug-likeness (QED) is 0.791. The maximum Gasteiger partial charge on any atom is 0.0705 e. The summed E-state index contributed by atoms with van der Waals surface area (Å²) in [6, 6.07) is 12.4. The summed E-state index contributed by atoms with van der Waals surface area (Å²) in [4.78, 5) is 4.59. The number of benzene rings is 1. The third-order valence-corrected chi connectivity index (χ3v) is 2.48. The van der Waals surface area contributed by atoms with Crippen molar-refractivity contribution in [2.45, 2.75) is 12.8 Å². The standard InChI is InChI=1S/C14H16N2/c15-11-5-1-2-7-13-10-9-12-6-3-4-8-14(12)16-13/h1-4,6,8-10H,5,7,11,15H2. The first-order valence-corrected chi connectivity index (χ1v) is 5.60. The van der Waals surface area contributed by atoms with Crippen LogP contribution in [-0.2, 0) is 6.42 Å². The number of hydrogen-bond donors (Lipinski definition) is 1. The molecule has 2 rings (SSSR count). The Hall–Kier alpha value is -1.67. The molecule has 82 valence electrons. The molecule has 16 heavy (non-hydrogen) atoms. The van der Waals surface area contributed by atoms with Crippen LogP contribution in [0.4, 0.5) is 0 Å². The molecule has 2 N–H and O–H groups in total. The lowest BCUT2D eigenvalue weighted by molar-refractivity contribution is 0.998. The molecule has 0 radical (unpaired) electrons. The van der Waals surface area contributed by atoms with Gasteiger partial charge in [0.15, 0.2) is 0 Å². The second-order valence-electron chi connectivity index (χ2n) is 3.75. The molecular weight excluding hydrogens is 196 g/mol. The van der Waals surface area contributed by atoms with Gasteiger partial charge in [-0.05, 0) is 25.1 Å². The third kappa shape index (κ3) is 2.67. The van der Waals surface area contributed by atoms with Crippen molar-refractivity contribution >= 4 is 10.9 Å². The van der Waals surface area contributed by atoms with Gasteiger partial charge in [-0.25, -0.2) is 0 Å². The molecule has 0 atom stereocenters. The number of aromatic nitrogens is 1. The van der Waals surface area contributed by atoms with E-state index in [0.717, 1.165) is 24.1 Å². The summed E-state index contributed by atoms with van der Waals surface area (Å²) >= 11 is 0. The number of nitrogens with zero attached hydrogens (tertiary/aromatic N) is 1. The van der Waals surface area contributed by atoms with Crippen LogP contribution in [0.25, 0.3) is 10.9 Å². The van der Waals surface area contributed by atoms with Gasteiger partial charge >= 0.3 is 0 Å². The highest BCUT2D eigenvalue weighted by Gasteiger charge is 1.95. The Kier molecular flexibility index (Phi) is 3.67. The first kappa shape index (κ1) is 10.8. The Morgan fingerprint density at radius 3 is 2.81 bits per heavy atom. The number of allylic oxidation sites excluding steroid dienone is 1.